The summed E-state index contributed by atoms with van der Waals surface area (Å²) in [5.41, 5.74) is 0.258. The maximum atomic E-state index is 12.2. The summed E-state index contributed by atoms with van der Waals surface area (Å²) in [7, 11) is 0. The number of carbonyl (C=O) groups is 1. The number of nitrogens with zero attached hydrogens (tertiary/aromatic N) is 2. The molecule has 0 saturated carbocycles. The third-order valence-corrected chi connectivity index (χ3v) is 3.29. The molecule has 4 nitrogen and oxygen atoms in total. The van der Waals surface area contributed by atoms with Crippen LogP contribution < -0.4 is 5.32 Å². The first-order valence-electron chi connectivity index (χ1n) is 5.22. The van der Waals surface area contributed by atoms with Crippen molar-refractivity contribution in [3.8, 4) is 0 Å². The molecule has 17 heavy (non-hydrogen) atoms. The molecular formula is C12H13N3OS. The summed E-state index contributed by atoms with van der Waals surface area (Å²) in [6.07, 6.45) is 5.07. The lowest BCUT2D eigenvalue weighted by molar-refractivity contribution is -0.120. The van der Waals surface area contributed by atoms with Gasteiger partial charge in [-0.3, -0.25) is 9.78 Å². The van der Waals surface area contributed by atoms with Crippen molar-refractivity contribution in [3.63, 3.8) is 0 Å². The van der Waals surface area contributed by atoms with E-state index in [1.165, 1.54) is 11.3 Å². The molecule has 0 unspecified atom stereocenters. The van der Waals surface area contributed by atoms with Crippen molar-refractivity contribution in [3.05, 3.63) is 41.7 Å². The smallest absolute Gasteiger partial charge is 0.236 e. The fraction of sp³-hybridized carbons (Fsp3) is 0.250. The third-order valence-electron chi connectivity index (χ3n) is 2.60. The van der Waals surface area contributed by atoms with Gasteiger partial charge in [-0.05, 0) is 25.5 Å². The Labute approximate surface area is 104 Å². The van der Waals surface area contributed by atoms with E-state index in [-0.39, 0.29) is 5.91 Å². The predicted octanol–water partition coefficient (Wildman–Crippen LogP) is 2.45. The van der Waals surface area contributed by atoms with E-state index in [1.54, 1.807) is 18.6 Å². The Morgan fingerprint density at radius 1 is 1.41 bits per heavy atom. The van der Waals surface area contributed by atoms with Crippen LogP contribution in [0, 0.1) is 0 Å². The Bertz CT molecular complexity index is 494. The molecule has 2 heterocycles. The summed E-state index contributed by atoms with van der Waals surface area (Å²) in [4.78, 5) is 20.2. The van der Waals surface area contributed by atoms with Crippen LogP contribution in [-0.2, 0) is 10.2 Å². The first-order valence-corrected chi connectivity index (χ1v) is 6.10. The van der Waals surface area contributed by atoms with Crippen LogP contribution in [0.15, 0.2) is 36.1 Å². The average molecular weight is 247 g/mol. The van der Waals surface area contributed by atoms with Crippen LogP contribution in [0.3, 0.4) is 0 Å². The zero-order valence-electron chi connectivity index (χ0n) is 9.68. The summed E-state index contributed by atoms with van der Waals surface area (Å²) in [6.45, 7) is 3.74. The molecule has 0 aliphatic rings. The van der Waals surface area contributed by atoms with Gasteiger partial charge < -0.3 is 5.32 Å². The van der Waals surface area contributed by atoms with Gasteiger partial charge in [0.1, 0.15) is 0 Å². The van der Waals surface area contributed by atoms with Gasteiger partial charge in [-0.2, -0.15) is 0 Å². The first-order chi connectivity index (χ1) is 8.10. The highest BCUT2D eigenvalue weighted by Crippen LogP contribution is 2.24. The molecule has 1 N–H and O–H groups in total. The molecule has 2 rings (SSSR count). The molecule has 88 valence electrons. The molecule has 0 atom stereocenters. The van der Waals surface area contributed by atoms with Crippen LogP contribution in [-0.4, -0.2) is 15.9 Å². The van der Waals surface area contributed by atoms with Gasteiger partial charge in [0.25, 0.3) is 0 Å². The Balaban J connectivity index is 2.18. The molecular weight excluding hydrogens is 234 g/mol. The van der Waals surface area contributed by atoms with Crippen molar-refractivity contribution in [2.45, 2.75) is 19.3 Å². The monoisotopic (exact) mass is 247 g/mol. The van der Waals surface area contributed by atoms with Crippen LogP contribution in [0.25, 0.3) is 0 Å². The average Bonchev–Trinajstić information content (AvgIpc) is 2.83. The number of hydrogen-bond donors (Lipinski definition) is 1. The summed E-state index contributed by atoms with van der Waals surface area (Å²) < 4.78 is 0. The van der Waals surface area contributed by atoms with Crippen LogP contribution in [0.5, 0.6) is 0 Å². The Hall–Kier alpha value is -1.75. The maximum absolute atomic E-state index is 12.2. The fourth-order valence-corrected chi connectivity index (χ4v) is 1.93. The quantitative estimate of drug-likeness (QED) is 0.906. The molecule has 0 aliphatic carbocycles. The molecule has 1 amide bonds. The molecule has 0 fully saturated rings. The SMILES string of the molecule is CC(C)(C(=O)Nc1nccs1)c1cccnc1. The number of thiazole rings is 1. The topological polar surface area (TPSA) is 54.9 Å². The lowest BCUT2D eigenvalue weighted by Gasteiger charge is -2.22. The summed E-state index contributed by atoms with van der Waals surface area (Å²) in [6, 6.07) is 3.72. The number of hydrogen-bond acceptors (Lipinski definition) is 4. The number of pyridine rings is 1. The molecule has 0 aromatic carbocycles. The Kier molecular flexibility index (Phi) is 3.19. The standard InChI is InChI=1S/C12H13N3OS/c1-12(2,9-4-3-5-13-8-9)10(16)15-11-14-6-7-17-11/h3-8H,1-2H3,(H,14,15,16). The van der Waals surface area contributed by atoms with E-state index >= 15 is 0 Å². The van der Waals surface area contributed by atoms with Crippen LogP contribution in [0.1, 0.15) is 19.4 Å². The van der Waals surface area contributed by atoms with Crippen molar-refractivity contribution < 1.29 is 4.79 Å². The van der Waals surface area contributed by atoms with Crippen molar-refractivity contribution in [1.29, 1.82) is 0 Å². The van der Waals surface area contributed by atoms with E-state index < -0.39 is 5.41 Å². The number of carbonyl (C=O) groups excluding carboxylic acids is 1. The van der Waals surface area contributed by atoms with Crippen molar-refractivity contribution >= 4 is 22.4 Å². The minimum atomic E-state index is -0.625. The van der Waals surface area contributed by atoms with Crippen LogP contribution in [0.4, 0.5) is 5.13 Å². The van der Waals surface area contributed by atoms with Crippen LogP contribution >= 0.6 is 11.3 Å². The molecule has 0 radical (unpaired) electrons. The Morgan fingerprint density at radius 2 is 2.24 bits per heavy atom. The van der Waals surface area contributed by atoms with Gasteiger partial charge in [0.15, 0.2) is 5.13 Å². The fourth-order valence-electron chi connectivity index (χ4n) is 1.40. The molecule has 0 aliphatic heterocycles. The second-order valence-corrected chi connectivity index (χ2v) is 5.05. The van der Waals surface area contributed by atoms with Gasteiger partial charge in [-0.25, -0.2) is 4.98 Å². The summed E-state index contributed by atoms with van der Waals surface area (Å²) in [5, 5.41) is 5.24. The highest BCUT2D eigenvalue weighted by molar-refractivity contribution is 7.13. The lowest BCUT2D eigenvalue weighted by Crippen LogP contribution is -2.34. The zero-order chi connectivity index (χ0) is 12.3. The molecule has 0 saturated heterocycles. The molecule has 5 heteroatoms. The van der Waals surface area contributed by atoms with Crippen molar-refractivity contribution in [1.82, 2.24) is 9.97 Å². The van der Waals surface area contributed by atoms with Gasteiger partial charge in [0, 0.05) is 24.0 Å². The summed E-state index contributed by atoms with van der Waals surface area (Å²) >= 11 is 1.40. The largest absolute Gasteiger partial charge is 0.301 e. The van der Waals surface area contributed by atoms with Gasteiger partial charge in [-0.15, -0.1) is 11.3 Å². The van der Waals surface area contributed by atoms with E-state index in [0.717, 1.165) is 5.56 Å². The number of nitrogens with one attached hydrogen (secondary N) is 1. The first kappa shape index (κ1) is 11.7. The second kappa shape index (κ2) is 4.63. The van der Waals surface area contributed by atoms with E-state index in [4.69, 9.17) is 0 Å². The van der Waals surface area contributed by atoms with Gasteiger partial charge in [-0.1, -0.05) is 6.07 Å². The third kappa shape index (κ3) is 2.50. The van der Waals surface area contributed by atoms with Crippen LogP contribution in [0.2, 0.25) is 0 Å². The van der Waals surface area contributed by atoms with E-state index in [1.807, 2.05) is 31.4 Å². The summed E-state index contributed by atoms with van der Waals surface area (Å²) in [5.74, 6) is -0.0829. The normalized spacial score (nSPS) is 11.2. The van der Waals surface area contributed by atoms with Crippen molar-refractivity contribution in [2.24, 2.45) is 0 Å². The second-order valence-electron chi connectivity index (χ2n) is 4.16. The van der Waals surface area contributed by atoms with E-state index in [2.05, 4.69) is 15.3 Å². The molecule has 2 aromatic heterocycles. The Morgan fingerprint density at radius 3 is 2.82 bits per heavy atom. The van der Waals surface area contributed by atoms with E-state index in [9.17, 15) is 4.79 Å². The number of rotatable bonds is 3. The van der Waals surface area contributed by atoms with Gasteiger partial charge >= 0.3 is 0 Å². The van der Waals surface area contributed by atoms with Gasteiger partial charge in [0.05, 0.1) is 5.41 Å². The number of amides is 1. The maximum Gasteiger partial charge on any atom is 0.236 e. The minimum absolute atomic E-state index is 0.0829. The number of anilines is 1. The minimum Gasteiger partial charge on any atom is -0.301 e. The lowest BCUT2D eigenvalue weighted by atomic mass is 9.85. The highest BCUT2D eigenvalue weighted by Gasteiger charge is 2.30. The van der Waals surface area contributed by atoms with E-state index in [0.29, 0.717) is 5.13 Å². The molecule has 2 aromatic rings. The predicted molar refractivity (Wildman–Crippen MR) is 68.0 cm³/mol. The van der Waals surface area contributed by atoms with Crippen molar-refractivity contribution in [2.75, 3.05) is 5.32 Å². The molecule has 0 bridgehead atoms. The van der Waals surface area contributed by atoms with Gasteiger partial charge in [0.2, 0.25) is 5.91 Å². The molecule has 0 spiro atoms. The zero-order valence-corrected chi connectivity index (χ0v) is 10.5. The highest BCUT2D eigenvalue weighted by atomic mass is 32.1. The number of aromatic nitrogens is 2.